The van der Waals surface area contributed by atoms with Crippen LogP contribution in [0, 0.1) is 41.7 Å². The molecule has 0 aliphatic carbocycles. The Morgan fingerprint density at radius 2 is 0.545 bits per heavy atom. The molecule has 0 aromatic rings. The summed E-state index contributed by atoms with van der Waals surface area (Å²) in [6, 6.07) is 0. The van der Waals surface area contributed by atoms with E-state index < -0.39 is 46.1 Å². The summed E-state index contributed by atoms with van der Waals surface area (Å²) < 4.78 is 88.0. The van der Waals surface area contributed by atoms with E-state index >= 15 is 0 Å². The molecule has 0 heterocycles. The molecule has 0 rings (SSSR count). The van der Waals surface area contributed by atoms with Crippen LogP contribution in [0.15, 0.2) is 0 Å². The van der Waals surface area contributed by atoms with Gasteiger partial charge in [-0.15, -0.1) is 0 Å². The van der Waals surface area contributed by atoms with Gasteiger partial charge in [-0.05, 0) is 41.5 Å². The van der Waals surface area contributed by atoms with Crippen molar-refractivity contribution in [2.75, 3.05) is 0 Å². The van der Waals surface area contributed by atoms with Crippen molar-refractivity contribution < 1.29 is 80.7 Å². The zero-order chi connectivity index (χ0) is 18.2. The predicted molar refractivity (Wildman–Crippen MR) is 74.5 cm³/mol. The Kier molecular flexibility index (Phi) is 17.5. The van der Waals surface area contributed by atoms with E-state index in [2.05, 4.69) is 0 Å². The van der Waals surface area contributed by atoms with Gasteiger partial charge in [0.15, 0.2) is 0 Å². The summed E-state index contributed by atoms with van der Waals surface area (Å²) in [6.07, 6.45) is 0. The van der Waals surface area contributed by atoms with Crippen LogP contribution in [0.4, 0.5) is 0 Å². The summed E-state index contributed by atoms with van der Waals surface area (Å²) in [7, 11) is -12.0. The molecule has 22 heavy (non-hydrogen) atoms. The maximum absolute atomic E-state index is 9.78. The van der Waals surface area contributed by atoms with Crippen LogP contribution < -0.4 is 0 Å². The van der Waals surface area contributed by atoms with Gasteiger partial charge in [0.25, 0.3) is 0 Å². The van der Waals surface area contributed by atoms with Crippen LogP contribution in [-0.2, 0) is 30.4 Å². The maximum atomic E-state index is 9.78. The van der Waals surface area contributed by atoms with Gasteiger partial charge in [-0.3, -0.25) is 0 Å². The first-order chi connectivity index (χ1) is 8.83. The number of rotatable bonds is 3. The van der Waals surface area contributed by atoms with E-state index in [-0.39, 0.29) is 41.7 Å². The molecule has 0 aromatic heterocycles. The molecule has 0 saturated heterocycles. The maximum Gasteiger partial charge on any atom is 3.00 e. The third-order valence-corrected chi connectivity index (χ3v) is 5.20. The molecule has 0 aliphatic heterocycles. The average molecular weight is 510 g/mol. The standard InChI is InChI=1S/3C3H8O3S.Ce/c3*1-3(2)7(4,5)6;/h3*3H,1-2H3,(H,4,5,6);/q;;;+3/p-3. The molecular formula is C9H21CeO9S3. The van der Waals surface area contributed by atoms with Gasteiger partial charge in [0.2, 0.25) is 0 Å². The first-order valence-electron chi connectivity index (χ1n) is 5.67. The van der Waals surface area contributed by atoms with Gasteiger partial charge in [0.05, 0.1) is 30.4 Å². The fraction of sp³-hybridized carbons (Fsp3) is 1.00. The van der Waals surface area contributed by atoms with Gasteiger partial charge in [0, 0.05) is 15.7 Å². The average Bonchev–Trinajstić information content (AvgIpc) is 2.14. The van der Waals surface area contributed by atoms with Crippen molar-refractivity contribution in [1.29, 1.82) is 0 Å². The van der Waals surface area contributed by atoms with Crippen LogP contribution in [-0.4, -0.2) is 54.7 Å². The molecule has 9 nitrogen and oxygen atoms in total. The van der Waals surface area contributed by atoms with Gasteiger partial charge < -0.3 is 13.7 Å². The molecule has 133 valence electrons. The second-order valence-corrected chi connectivity index (χ2v) is 10.4. The molecule has 0 atom stereocenters. The Bertz CT molecular complexity index is 488. The molecule has 0 aromatic carbocycles. The van der Waals surface area contributed by atoms with E-state index in [1.807, 2.05) is 0 Å². The molecule has 1 radical (unpaired) electrons. The third kappa shape index (κ3) is 23.4. The zero-order valence-corrected chi connectivity index (χ0v) is 18.7. The van der Waals surface area contributed by atoms with Crippen molar-refractivity contribution in [3.05, 3.63) is 0 Å². The van der Waals surface area contributed by atoms with E-state index in [1.165, 1.54) is 41.5 Å². The molecule has 0 unspecified atom stereocenters. The summed E-state index contributed by atoms with van der Waals surface area (Å²) in [4.78, 5) is 0. The minimum atomic E-state index is -3.99. The molecule has 0 amide bonds. The molecule has 0 N–H and O–H groups in total. The largest absolute Gasteiger partial charge is 3.00 e. The Hall–Kier alpha value is 1.11. The van der Waals surface area contributed by atoms with Crippen molar-refractivity contribution in [3.8, 4) is 0 Å². The Morgan fingerprint density at radius 1 is 0.500 bits per heavy atom. The van der Waals surface area contributed by atoms with E-state index in [1.54, 1.807) is 0 Å². The van der Waals surface area contributed by atoms with E-state index in [4.69, 9.17) is 0 Å². The Balaban J connectivity index is -0.000000108. The fourth-order valence-corrected chi connectivity index (χ4v) is 0. The SMILES string of the molecule is CC(C)S(=O)(=O)[O-].CC(C)S(=O)(=O)[O-].CC(C)S(=O)(=O)[O-].[Ce+3]. The number of hydrogen-bond donors (Lipinski definition) is 0. The van der Waals surface area contributed by atoms with Crippen molar-refractivity contribution in [1.82, 2.24) is 0 Å². The van der Waals surface area contributed by atoms with Gasteiger partial charge in [-0.2, -0.15) is 0 Å². The topological polar surface area (TPSA) is 172 Å². The molecule has 13 heteroatoms. The van der Waals surface area contributed by atoms with Crippen molar-refractivity contribution in [2.24, 2.45) is 0 Å². The quantitative estimate of drug-likeness (QED) is 0.468. The number of hydrogen-bond acceptors (Lipinski definition) is 9. The summed E-state index contributed by atoms with van der Waals surface area (Å²) in [6.45, 7) is 8.10. The van der Waals surface area contributed by atoms with E-state index in [0.717, 1.165) is 0 Å². The van der Waals surface area contributed by atoms with Crippen LogP contribution in [0.25, 0.3) is 0 Å². The first kappa shape index (κ1) is 30.9. The molecule has 0 bridgehead atoms. The fourth-order valence-electron chi connectivity index (χ4n) is 0. The van der Waals surface area contributed by atoms with Crippen LogP contribution in [0.2, 0.25) is 0 Å². The van der Waals surface area contributed by atoms with E-state index in [9.17, 15) is 38.9 Å². The van der Waals surface area contributed by atoms with Crippen molar-refractivity contribution in [2.45, 2.75) is 57.3 Å². The Labute approximate surface area is 166 Å². The van der Waals surface area contributed by atoms with E-state index in [0.29, 0.717) is 0 Å². The molecule has 0 fully saturated rings. The monoisotopic (exact) mass is 509 g/mol. The van der Waals surface area contributed by atoms with Crippen LogP contribution >= 0.6 is 0 Å². The van der Waals surface area contributed by atoms with Crippen molar-refractivity contribution in [3.63, 3.8) is 0 Å². The summed E-state index contributed by atoms with van der Waals surface area (Å²) in [5, 5.41) is -2.35. The summed E-state index contributed by atoms with van der Waals surface area (Å²) in [5.74, 6) is 0. The second-order valence-electron chi connectivity index (χ2n) is 4.62. The van der Waals surface area contributed by atoms with Gasteiger partial charge in [-0.1, -0.05) is 0 Å². The smallest absolute Gasteiger partial charge is 0.748 e. The molecule has 0 spiro atoms. The molecular weight excluding hydrogens is 488 g/mol. The summed E-state index contributed by atoms with van der Waals surface area (Å²) >= 11 is 0. The van der Waals surface area contributed by atoms with Gasteiger partial charge in [-0.25, -0.2) is 25.3 Å². The Morgan fingerprint density at radius 3 is 0.545 bits per heavy atom. The van der Waals surface area contributed by atoms with Crippen LogP contribution in [0.3, 0.4) is 0 Å². The zero-order valence-electron chi connectivity index (χ0n) is 13.1. The first-order valence-corrected chi connectivity index (χ1v) is 10.1. The minimum Gasteiger partial charge on any atom is -0.748 e. The summed E-state index contributed by atoms with van der Waals surface area (Å²) in [5.41, 5.74) is 0. The second kappa shape index (κ2) is 12.5. The van der Waals surface area contributed by atoms with Crippen LogP contribution in [0.1, 0.15) is 41.5 Å². The molecule has 0 aliphatic rings. The van der Waals surface area contributed by atoms with Gasteiger partial charge >= 0.3 is 41.7 Å². The normalized spacial score (nSPS) is 12.0. The molecule has 0 saturated carbocycles. The predicted octanol–water partition coefficient (Wildman–Crippen LogP) is -0.180. The third-order valence-electron chi connectivity index (χ3n) is 1.73. The van der Waals surface area contributed by atoms with Crippen LogP contribution in [0.5, 0.6) is 0 Å². The van der Waals surface area contributed by atoms with Gasteiger partial charge in [0.1, 0.15) is 0 Å². The van der Waals surface area contributed by atoms with Crippen molar-refractivity contribution >= 4 is 30.4 Å². The minimum absolute atomic E-state index is 0.